The van der Waals surface area contributed by atoms with Gasteiger partial charge in [0.05, 0.1) is 17.8 Å². The average molecular weight is 426 g/mol. The predicted molar refractivity (Wildman–Crippen MR) is 123 cm³/mol. The minimum absolute atomic E-state index is 0.0358. The maximum atomic E-state index is 12.1. The molecule has 1 saturated heterocycles. The number of nitrogens with zero attached hydrogens (tertiary/aromatic N) is 5. The highest BCUT2D eigenvalue weighted by Gasteiger charge is 2.30. The van der Waals surface area contributed by atoms with Crippen LogP contribution in [0.2, 0.25) is 0 Å². The fourth-order valence-electron chi connectivity index (χ4n) is 4.01. The molecule has 0 N–H and O–H groups in total. The molecule has 7 nitrogen and oxygen atoms in total. The Kier molecular flexibility index (Phi) is 7.49. The Hall–Kier alpha value is -2.67. The van der Waals surface area contributed by atoms with E-state index in [-0.39, 0.29) is 18.1 Å². The van der Waals surface area contributed by atoms with E-state index in [0.29, 0.717) is 6.54 Å². The minimum Gasteiger partial charge on any atom is -0.491 e. The summed E-state index contributed by atoms with van der Waals surface area (Å²) in [6.07, 6.45) is 2.06. The standard InChI is InChI=1S/C24H35N5O2/c1-17(2)31-21-10-7-9-19(13-21)15-28(6)16-20-14-23(27(4)5)26-24(25-20)22-11-8-12-29(22)18(3)30/h7,9-10,13-14,17,22H,8,11-12,15-16H2,1-6H3/t22-/m0/s1. The number of benzene rings is 1. The first-order valence-corrected chi connectivity index (χ1v) is 11.0. The Morgan fingerprint density at radius 3 is 2.65 bits per heavy atom. The van der Waals surface area contributed by atoms with Gasteiger partial charge in [0.15, 0.2) is 5.82 Å². The van der Waals surface area contributed by atoms with Gasteiger partial charge in [-0.3, -0.25) is 9.69 Å². The highest BCUT2D eigenvalue weighted by atomic mass is 16.5. The lowest BCUT2D eigenvalue weighted by Crippen LogP contribution is -2.30. The lowest BCUT2D eigenvalue weighted by molar-refractivity contribution is -0.129. The summed E-state index contributed by atoms with van der Waals surface area (Å²) in [4.78, 5) is 27.8. The summed E-state index contributed by atoms with van der Waals surface area (Å²) in [6, 6.07) is 10.2. The van der Waals surface area contributed by atoms with Crippen LogP contribution in [-0.4, -0.2) is 59.5 Å². The molecule has 0 bridgehead atoms. The normalized spacial score (nSPS) is 16.3. The van der Waals surface area contributed by atoms with Crippen LogP contribution in [0.4, 0.5) is 5.82 Å². The predicted octanol–water partition coefficient (Wildman–Crippen LogP) is 3.65. The summed E-state index contributed by atoms with van der Waals surface area (Å²) >= 11 is 0. The fraction of sp³-hybridized carbons (Fsp3) is 0.542. The molecule has 3 rings (SSSR count). The molecule has 1 aliphatic heterocycles. The topological polar surface area (TPSA) is 61.8 Å². The van der Waals surface area contributed by atoms with Gasteiger partial charge in [-0.25, -0.2) is 9.97 Å². The summed E-state index contributed by atoms with van der Waals surface area (Å²) in [7, 11) is 6.05. The third-order valence-corrected chi connectivity index (χ3v) is 5.35. The highest BCUT2D eigenvalue weighted by molar-refractivity contribution is 5.74. The van der Waals surface area contributed by atoms with Crippen LogP contribution in [0, 0.1) is 0 Å². The van der Waals surface area contributed by atoms with Crippen molar-refractivity contribution in [1.82, 2.24) is 19.8 Å². The van der Waals surface area contributed by atoms with E-state index < -0.39 is 0 Å². The third kappa shape index (κ3) is 6.17. The molecule has 0 spiro atoms. The molecule has 1 aromatic carbocycles. The van der Waals surface area contributed by atoms with Crippen LogP contribution in [0.25, 0.3) is 0 Å². The molecule has 1 fully saturated rings. The van der Waals surface area contributed by atoms with Gasteiger partial charge in [-0.05, 0) is 51.4 Å². The van der Waals surface area contributed by atoms with Gasteiger partial charge in [0.25, 0.3) is 0 Å². The summed E-state index contributed by atoms with van der Waals surface area (Å²) in [5, 5.41) is 0. The number of carbonyl (C=O) groups excluding carboxylic acids is 1. The van der Waals surface area contributed by atoms with Crippen molar-refractivity contribution >= 4 is 11.7 Å². The number of carbonyl (C=O) groups is 1. The Balaban J connectivity index is 1.77. The first-order valence-electron chi connectivity index (χ1n) is 11.0. The largest absolute Gasteiger partial charge is 0.491 e. The smallest absolute Gasteiger partial charge is 0.220 e. The minimum atomic E-state index is -0.0358. The van der Waals surface area contributed by atoms with Gasteiger partial charge >= 0.3 is 0 Å². The zero-order chi connectivity index (χ0) is 22.5. The molecule has 0 saturated carbocycles. The SMILES string of the molecule is CC(=O)N1CCC[C@H]1c1nc(CN(C)Cc2cccc(OC(C)C)c2)cc(N(C)C)n1. The van der Waals surface area contributed by atoms with E-state index in [0.717, 1.165) is 49.0 Å². The van der Waals surface area contributed by atoms with Gasteiger partial charge in [0.2, 0.25) is 5.91 Å². The van der Waals surface area contributed by atoms with Crippen molar-refractivity contribution in [3.05, 3.63) is 47.4 Å². The molecule has 168 valence electrons. The summed E-state index contributed by atoms with van der Waals surface area (Å²) in [5.41, 5.74) is 2.16. The molecule has 0 aliphatic carbocycles. The second-order valence-electron chi connectivity index (χ2n) is 8.83. The van der Waals surface area contributed by atoms with Crippen molar-refractivity contribution < 1.29 is 9.53 Å². The van der Waals surface area contributed by atoms with Gasteiger partial charge in [0, 0.05) is 46.7 Å². The molecule has 1 aliphatic rings. The summed E-state index contributed by atoms with van der Waals surface area (Å²) in [5.74, 6) is 2.60. The Labute approximate surface area is 186 Å². The number of amides is 1. The van der Waals surface area contributed by atoms with Crippen molar-refractivity contribution in [3.63, 3.8) is 0 Å². The molecular weight excluding hydrogens is 390 g/mol. The van der Waals surface area contributed by atoms with Gasteiger partial charge in [0.1, 0.15) is 11.6 Å². The summed E-state index contributed by atoms with van der Waals surface area (Å²) in [6.45, 7) is 7.95. The molecule has 0 unspecified atom stereocenters. The second kappa shape index (κ2) is 10.1. The Bertz CT molecular complexity index is 899. The van der Waals surface area contributed by atoms with Gasteiger partial charge < -0.3 is 14.5 Å². The zero-order valence-electron chi connectivity index (χ0n) is 19.6. The van der Waals surface area contributed by atoms with Crippen LogP contribution < -0.4 is 9.64 Å². The zero-order valence-corrected chi connectivity index (χ0v) is 19.6. The number of aromatic nitrogens is 2. The van der Waals surface area contributed by atoms with Crippen LogP contribution >= 0.6 is 0 Å². The van der Waals surface area contributed by atoms with Crippen molar-refractivity contribution in [3.8, 4) is 5.75 Å². The second-order valence-corrected chi connectivity index (χ2v) is 8.83. The van der Waals surface area contributed by atoms with Gasteiger partial charge in [-0.2, -0.15) is 0 Å². The van der Waals surface area contributed by atoms with Crippen LogP contribution in [0.5, 0.6) is 5.75 Å². The quantitative estimate of drug-likeness (QED) is 0.643. The highest BCUT2D eigenvalue weighted by Crippen LogP contribution is 2.31. The maximum absolute atomic E-state index is 12.1. The van der Waals surface area contributed by atoms with Crippen molar-refractivity contribution in [2.24, 2.45) is 0 Å². The molecule has 0 radical (unpaired) electrons. The van der Waals surface area contributed by atoms with Gasteiger partial charge in [-0.15, -0.1) is 0 Å². The number of rotatable bonds is 8. The number of ether oxygens (including phenoxy) is 1. The van der Waals surface area contributed by atoms with Crippen molar-refractivity contribution in [2.75, 3.05) is 32.6 Å². The van der Waals surface area contributed by atoms with E-state index in [2.05, 4.69) is 24.1 Å². The third-order valence-electron chi connectivity index (χ3n) is 5.35. The van der Waals surface area contributed by atoms with Crippen molar-refractivity contribution in [2.45, 2.75) is 58.8 Å². The Morgan fingerprint density at radius 1 is 1.19 bits per heavy atom. The number of hydrogen-bond acceptors (Lipinski definition) is 6. The van der Waals surface area contributed by atoms with E-state index in [4.69, 9.17) is 14.7 Å². The number of hydrogen-bond donors (Lipinski definition) is 0. The van der Waals surface area contributed by atoms with E-state index in [1.807, 2.05) is 55.9 Å². The monoisotopic (exact) mass is 425 g/mol. The fourth-order valence-corrected chi connectivity index (χ4v) is 4.01. The first-order chi connectivity index (χ1) is 14.7. The molecule has 1 atom stereocenters. The first kappa shape index (κ1) is 23.0. The van der Waals surface area contributed by atoms with Crippen LogP contribution in [0.15, 0.2) is 30.3 Å². The van der Waals surface area contributed by atoms with E-state index in [1.165, 1.54) is 5.56 Å². The van der Waals surface area contributed by atoms with E-state index in [1.54, 1.807) is 6.92 Å². The van der Waals surface area contributed by atoms with Crippen LogP contribution in [0.1, 0.15) is 56.7 Å². The maximum Gasteiger partial charge on any atom is 0.220 e. The molecular formula is C24H35N5O2. The Morgan fingerprint density at radius 2 is 1.97 bits per heavy atom. The molecule has 7 heteroatoms. The van der Waals surface area contributed by atoms with Crippen LogP contribution in [-0.2, 0) is 17.9 Å². The van der Waals surface area contributed by atoms with Crippen molar-refractivity contribution in [1.29, 1.82) is 0 Å². The van der Waals surface area contributed by atoms with Crippen LogP contribution in [0.3, 0.4) is 0 Å². The number of anilines is 1. The lowest BCUT2D eigenvalue weighted by atomic mass is 10.2. The molecule has 31 heavy (non-hydrogen) atoms. The average Bonchev–Trinajstić information content (AvgIpc) is 3.17. The van der Waals surface area contributed by atoms with Gasteiger partial charge in [-0.1, -0.05) is 12.1 Å². The molecule has 2 aromatic rings. The summed E-state index contributed by atoms with van der Waals surface area (Å²) < 4.78 is 5.82. The molecule has 1 amide bonds. The lowest BCUT2D eigenvalue weighted by Gasteiger charge is -2.24. The van der Waals surface area contributed by atoms with E-state index in [9.17, 15) is 4.79 Å². The van der Waals surface area contributed by atoms with E-state index >= 15 is 0 Å². The molecule has 1 aromatic heterocycles. The molecule has 2 heterocycles. The number of likely N-dealkylation sites (tertiary alicyclic amines) is 1.